The van der Waals surface area contributed by atoms with Crippen LogP contribution in [0.2, 0.25) is 0 Å². The first-order valence-corrected chi connectivity index (χ1v) is 9.38. The monoisotopic (exact) mass is 376 g/mol. The standard InChI is InChI=1S/C22H24N4O2/c1-5-26(6-2)22(28)19-13-23-21-18(12-7-14(3)24-21)20(19)25-17-10-8-16(9-11-17)15(4)27/h7-13H,5-6H2,1-4H3,(H,23,24,25). The van der Waals surface area contributed by atoms with Crippen LogP contribution >= 0.6 is 0 Å². The number of rotatable bonds is 6. The molecule has 1 aromatic carbocycles. The van der Waals surface area contributed by atoms with Crippen LogP contribution in [0.4, 0.5) is 11.4 Å². The molecule has 0 spiro atoms. The molecule has 1 N–H and O–H groups in total. The Bertz CT molecular complexity index is 1020. The highest BCUT2D eigenvalue weighted by Gasteiger charge is 2.20. The van der Waals surface area contributed by atoms with E-state index in [4.69, 9.17) is 0 Å². The van der Waals surface area contributed by atoms with Crippen LogP contribution in [0.15, 0.2) is 42.6 Å². The summed E-state index contributed by atoms with van der Waals surface area (Å²) in [6.45, 7) is 8.58. The molecule has 2 heterocycles. The van der Waals surface area contributed by atoms with Crippen molar-refractivity contribution < 1.29 is 9.59 Å². The smallest absolute Gasteiger partial charge is 0.257 e. The molecule has 0 saturated carbocycles. The Hall–Kier alpha value is -3.28. The van der Waals surface area contributed by atoms with E-state index in [0.29, 0.717) is 35.6 Å². The Kier molecular flexibility index (Phi) is 5.68. The van der Waals surface area contributed by atoms with Gasteiger partial charge in [-0.2, -0.15) is 0 Å². The molecule has 0 bridgehead atoms. The lowest BCUT2D eigenvalue weighted by Crippen LogP contribution is -2.31. The van der Waals surface area contributed by atoms with Crippen LogP contribution in [0.1, 0.15) is 47.2 Å². The van der Waals surface area contributed by atoms with Crippen molar-refractivity contribution in [3.8, 4) is 0 Å². The number of benzene rings is 1. The fraction of sp³-hybridized carbons (Fsp3) is 0.273. The largest absolute Gasteiger partial charge is 0.354 e. The van der Waals surface area contributed by atoms with Gasteiger partial charge in [-0.05, 0) is 64.1 Å². The molecule has 0 radical (unpaired) electrons. The molecule has 0 aliphatic heterocycles. The number of pyridine rings is 2. The van der Waals surface area contributed by atoms with Crippen LogP contribution < -0.4 is 5.32 Å². The van der Waals surface area contributed by atoms with E-state index in [9.17, 15) is 9.59 Å². The zero-order chi connectivity index (χ0) is 20.3. The van der Waals surface area contributed by atoms with E-state index in [1.165, 1.54) is 6.92 Å². The van der Waals surface area contributed by atoms with Gasteiger partial charge in [0, 0.05) is 41.6 Å². The van der Waals surface area contributed by atoms with Gasteiger partial charge in [0.25, 0.3) is 5.91 Å². The average Bonchev–Trinajstić information content (AvgIpc) is 2.69. The van der Waals surface area contributed by atoms with Crippen molar-refractivity contribution in [3.63, 3.8) is 0 Å². The van der Waals surface area contributed by atoms with Crippen LogP contribution in [-0.4, -0.2) is 39.6 Å². The topological polar surface area (TPSA) is 75.2 Å². The molecule has 6 nitrogen and oxygen atoms in total. The number of carbonyl (C=O) groups is 2. The van der Waals surface area contributed by atoms with Crippen molar-refractivity contribution in [2.75, 3.05) is 18.4 Å². The predicted molar refractivity (Wildman–Crippen MR) is 111 cm³/mol. The first-order chi connectivity index (χ1) is 13.4. The van der Waals surface area contributed by atoms with Gasteiger partial charge in [-0.1, -0.05) is 0 Å². The Labute approximate surface area is 164 Å². The number of nitrogens with zero attached hydrogens (tertiary/aromatic N) is 3. The molecule has 1 amide bonds. The predicted octanol–water partition coefficient (Wildman–Crippen LogP) is 4.37. The number of hydrogen-bond acceptors (Lipinski definition) is 5. The third kappa shape index (κ3) is 3.86. The molecule has 0 fully saturated rings. The minimum atomic E-state index is -0.0807. The number of ketones is 1. The molecular weight excluding hydrogens is 352 g/mol. The van der Waals surface area contributed by atoms with Gasteiger partial charge in [0.2, 0.25) is 0 Å². The van der Waals surface area contributed by atoms with Gasteiger partial charge in [-0.25, -0.2) is 9.97 Å². The summed E-state index contributed by atoms with van der Waals surface area (Å²) < 4.78 is 0. The number of Topliss-reactive ketones (excluding diaryl/α,β-unsaturated/α-hetero) is 1. The summed E-state index contributed by atoms with van der Waals surface area (Å²) in [6, 6.07) is 11.0. The maximum atomic E-state index is 13.1. The normalized spacial score (nSPS) is 10.7. The second kappa shape index (κ2) is 8.17. The van der Waals surface area contributed by atoms with Crippen molar-refractivity contribution in [2.24, 2.45) is 0 Å². The van der Waals surface area contributed by atoms with Crippen molar-refractivity contribution in [1.29, 1.82) is 0 Å². The number of aryl methyl sites for hydroxylation is 1. The lowest BCUT2D eigenvalue weighted by molar-refractivity contribution is 0.0773. The SMILES string of the molecule is CCN(CC)C(=O)c1cnc2nc(C)ccc2c1Nc1ccc(C(C)=O)cc1. The molecular formula is C22H24N4O2. The highest BCUT2D eigenvalue weighted by molar-refractivity contribution is 6.07. The van der Waals surface area contributed by atoms with Crippen molar-refractivity contribution in [3.05, 3.63) is 59.4 Å². The Morgan fingerprint density at radius 2 is 1.71 bits per heavy atom. The summed E-state index contributed by atoms with van der Waals surface area (Å²) in [6.07, 6.45) is 1.59. The van der Waals surface area contributed by atoms with Gasteiger partial charge >= 0.3 is 0 Å². The van der Waals surface area contributed by atoms with Gasteiger partial charge in [0.15, 0.2) is 11.4 Å². The molecule has 0 saturated heterocycles. The summed E-state index contributed by atoms with van der Waals surface area (Å²) in [4.78, 5) is 35.2. The molecule has 28 heavy (non-hydrogen) atoms. The second-order valence-electron chi connectivity index (χ2n) is 6.61. The number of hydrogen-bond donors (Lipinski definition) is 1. The number of anilines is 2. The third-order valence-corrected chi connectivity index (χ3v) is 4.71. The van der Waals surface area contributed by atoms with Crippen LogP contribution in [0, 0.1) is 6.92 Å². The van der Waals surface area contributed by atoms with Gasteiger partial charge in [0.1, 0.15) is 0 Å². The van der Waals surface area contributed by atoms with Crippen LogP contribution in [-0.2, 0) is 0 Å². The summed E-state index contributed by atoms with van der Waals surface area (Å²) in [5.41, 5.74) is 4.04. The number of amides is 1. The fourth-order valence-corrected chi connectivity index (χ4v) is 3.08. The van der Waals surface area contributed by atoms with Crippen LogP contribution in [0.5, 0.6) is 0 Å². The van der Waals surface area contributed by atoms with E-state index >= 15 is 0 Å². The van der Waals surface area contributed by atoms with Gasteiger partial charge < -0.3 is 10.2 Å². The number of nitrogens with one attached hydrogen (secondary N) is 1. The van der Waals surface area contributed by atoms with E-state index in [-0.39, 0.29) is 11.7 Å². The Morgan fingerprint density at radius 1 is 1.04 bits per heavy atom. The van der Waals surface area contributed by atoms with Crippen LogP contribution in [0.3, 0.4) is 0 Å². The lowest BCUT2D eigenvalue weighted by Gasteiger charge is -2.21. The lowest BCUT2D eigenvalue weighted by atomic mass is 10.1. The molecule has 2 aromatic heterocycles. The van der Waals surface area contributed by atoms with Crippen molar-refractivity contribution in [1.82, 2.24) is 14.9 Å². The third-order valence-electron chi connectivity index (χ3n) is 4.71. The Balaban J connectivity index is 2.12. The highest BCUT2D eigenvalue weighted by Crippen LogP contribution is 2.29. The van der Waals surface area contributed by atoms with E-state index in [0.717, 1.165) is 16.8 Å². The van der Waals surface area contributed by atoms with E-state index in [2.05, 4.69) is 15.3 Å². The molecule has 0 aliphatic rings. The number of carbonyl (C=O) groups excluding carboxylic acids is 2. The second-order valence-corrected chi connectivity index (χ2v) is 6.61. The fourth-order valence-electron chi connectivity index (χ4n) is 3.08. The van der Waals surface area contributed by atoms with Gasteiger partial charge in [-0.15, -0.1) is 0 Å². The number of aromatic nitrogens is 2. The first kappa shape index (κ1) is 19.5. The number of fused-ring (bicyclic) bond motifs is 1. The molecule has 3 rings (SSSR count). The first-order valence-electron chi connectivity index (χ1n) is 9.38. The quantitative estimate of drug-likeness (QED) is 0.647. The van der Waals surface area contributed by atoms with E-state index < -0.39 is 0 Å². The maximum absolute atomic E-state index is 13.1. The molecule has 0 unspecified atom stereocenters. The van der Waals surface area contributed by atoms with E-state index in [1.54, 1.807) is 23.2 Å². The van der Waals surface area contributed by atoms with E-state index in [1.807, 2.05) is 45.0 Å². The summed E-state index contributed by atoms with van der Waals surface area (Å²) in [5, 5.41) is 4.12. The van der Waals surface area contributed by atoms with Crippen LogP contribution in [0.25, 0.3) is 11.0 Å². The zero-order valence-electron chi connectivity index (χ0n) is 16.6. The highest BCUT2D eigenvalue weighted by atomic mass is 16.2. The van der Waals surface area contributed by atoms with Crippen molar-refractivity contribution >= 4 is 34.1 Å². The summed E-state index contributed by atoms with van der Waals surface area (Å²) in [5.74, 6) is -0.0687. The molecule has 6 heteroatoms. The molecule has 3 aromatic rings. The van der Waals surface area contributed by atoms with Gasteiger partial charge in [-0.3, -0.25) is 9.59 Å². The van der Waals surface area contributed by atoms with Gasteiger partial charge in [0.05, 0.1) is 11.3 Å². The minimum absolute atomic E-state index is 0.0120. The summed E-state index contributed by atoms with van der Waals surface area (Å²) >= 11 is 0. The average molecular weight is 376 g/mol. The minimum Gasteiger partial charge on any atom is -0.354 e. The summed E-state index contributed by atoms with van der Waals surface area (Å²) in [7, 11) is 0. The molecule has 144 valence electrons. The zero-order valence-corrected chi connectivity index (χ0v) is 16.6. The molecule has 0 aliphatic carbocycles. The van der Waals surface area contributed by atoms with Crippen molar-refractivity contribution in [2.45, 2.75) is 27.7 Å². The Morgan fingerprint density at radius 3 is 2.32 bits per heavy atom. The maximum Gasteiger partial charge on any atom is 0.257 e. The molecule has 0 atom stereocenters.